The standard InChI is InChI=1S/C23H14Cl2N2O4/c24-17-8-4-5-9-18(17)27-21(28)19(25)20(22(27)29)26-15-12-10-14(11-13-15)23(30)31-16-6-2-1-3-7-16/h1-13,26H. The number of anilines is 2. The van der Waals surface area contributed by atoms with Crippen LogP contribution in [0, 0.1) is 0 Å². The summed E-state index contributed by atoms with van der Waals surface area (Å²) in [5.41, 5.74) is 0.951. The zero-order valence-corrected chi connectivity index (χ0v) is 17.4. The topological polar surface area (TPSA) is 75.7 Å². The molecule has 0 saturated carbocycles. The van der Waals surface area contributed by atoms with Gasteiger partial charge in [-0.2, -0.15) is 0 Å². The van der Waals surface area contributed by atoms with Crippen molar-refractivity contribution in [2.75, 3.05) is 10.2 Å². The molecule has 1 aliphatic rings. The van der Waals surface area contributed by atoms with Crippen molar-refractivity contribution in [1.29, 1.82) is 0 Å². The number of carbonyl (C=O) groups excluding carboxylic acids is 3. The zero-order chi connectivity index (χ0) is 22.0. The van der Waals surface area contributed by atoms with E-state index in [4.69, 9.17) is 27.9 Å². The quantitative estimate of drug-likeness (QED) is 0.335. The molecule has 3 aromatic carbocycles. The lowest BCUT2D eigenvalue weighted by Gasteiger charge is -2.16. The molecule has 1 N–H and O–H groups in total. The highest BCUT2D eigenvalue weighted by molar-refractivity contribution is 6.53. The zero-order valence-electron chi connectivity index (χ0n) is 15.8. The number of para-hydroxylation sites is 2. The molecule has 1 aliphatic heterocycles. The van der Waals surface area contributed by atoms with Crippen LogP contribution >= 0.6 is 23.2 Å². The minimum absolute atomic E-state index is 0.0776. The van der Waals surface area contributed by atoms with E-state index >= 15 is 0 Å². The monoisotopic (exact) mass is 452 g/mol. The SMILES string of the molecule is O=C(Oc1ccccc1)c1ccc(NC2=C(Cl)C(=O)N(c3ccccc3Cl)C2=O)cc1. The first kappa shape index (κ1) is 20.7. The van der Waals surface area contributed by atoms with Crippen molar-refractivity contribution in [2.24, 2.45) is 0 Å². The number of imide groups is 1. The van der Waals surface area contributed by atoms with Gasteiger partial charge in [-0.3, -0.25) is 9.59 Å². The molecule has 0 atom stereocenters. The van der Waals surface area contributed by atoms with Gasteiger partial charge in [-0.15, -0.1) is 0 Å². The van der Waals surface area contributed by atoms with Crippen LogP contribution in [0.25, 0.3) is 0 Å². The first-order valence-corrected chi connectivity index (χ1v) is 9.88. The van der Waals surface area contributed by atoms with Crippen LogP contribution in [0.2, 0.25) is 5.02 Å². The number of benzene rings is 3. The number of nitrogens with one attached hydrogen (secondary N) is 1. The van der Waals surface area contributed by atoms with Gasteiger partial charge in [0.15, 0.2) is 0 Å². The van der Waals surface area contributed by atoms with E-state index in [0.717, 1.165) is 4.90 Å². The van der Waals surface area contributed by atoms with Crippen LogP contribution in [0.15, 0.2) is 89.6 Å². The summed E-state index contributed by atoms with van der Waals surface area (Å²) < 4.78 is 5.29. The highest BCUT2D eigenvalue weighted by Gasteiger charge is 2.39. The Balaban J connectivity index is 1.50. The first-order valence-electron chi connectivity index (χ1n) is 9.13. The third-order valence-corrected chi connectivity index (χ3v) is 5.13. The van der Waals surface area contributed by atoms with E-state index in [1.54, 1.807) is 60.7 Å². The van der Waals surface area contributed by atoms with Crippen LogP contribution < -0.4 is 15.0 Å². The van der Waals surface area contributed by atoms with Crippen LogP contribution in [0.3, 0.4) is 0 Å². The molecule has 0 aliphatic carbocycles. The molecule has 154 valence electrons. The number of ether oxygens (including phenoxy) is 1. The largest absolute Gasteiger partial charge is 0.423 e. The van der Waals surface area contributed by atoms with E-state index in [2.05, 4.69) is 5.32 Å². The number of nitrogens with zero attached hydrogens (tertiary/aromatic N) is 1. The van der Waals surface area contributed by atoms with Crippen LogP contribution in [-0.2, 0) is 9.59 Å². The van der Waals surface area contributed by atoms with Crippen LogP contribution in [0.5, 0.6) is 5.75 Å². The molecule has 1 heterocycles. The highest BCUT2D eigenvalue weighted by Crippen LogP contribution is 2.34. The number of hydrogen-bond acceptors (Lipinski definition) is 5. The van der Waals surface area contributed by atoms with Gasteiger partial charge in [0.1, 0.15) is 16.5 Å². The van der Waals surface area contributed by atoms with Crippen LogP contribution in [0.4, 0.5) is 11.4 Å². The first-order chi connectivity index (χ1) is 15.0. The number of hydrogen-bond donors (Lipinski definition) is 1. The third kappa shape index (κ3) is 4.17. The molecule has 8 heteroatoms. The lowest BCUT2D eigenvalue weighted by Crippen LogP contribution is -2.32. The molecular formula is C23H14Cl2N2O4. The van der Waals surface area contributed by atoms with E-state index < -0.39 is 17.8 Å². The van der Waals surface area contributed by atoms with Gasteiger partial charge in [0.05, 0.1) is 16.3 Å². The van der Waals surface area contributed by atoms with E-state index in [1.165, 1.54) is 12.1 Å². The van der Waals surface area contributed by atoms with Crippen molar-refractivity contribution in [3.63, 3.8) is 0 Å². The minimum atomic E-state index is -0.676. The smallest absolute Gasteiger partial charge is 0.343 e. The van der Waals surface area contributed by atoms with Crippen molar-refractivity contribution >= 4 is 52.4 Å². The molecule has 31 heavy (non-hydrogen) atoms. The van der Waals surface area contributed by atoms with Gasteiger partial charge in [0.2, 0.25) is 0 Å². The molecule has 6 nitrogen and oxygen atoms in total. The number of rotatable bonds is 5. The lowest BCUT2D eigenvalue weighted by atomic mass is 10.2. The fraction of sp³-hybridized carbons (Fsp3) is 0. The Kier molecular flexibility index (Phi) is 5.75. The fourth-order valence-electron chi connectivity index (χ4n) is 2.95. The van der Waals surface area contributed by atoms with Gasteiger partial charge < -0.3 is 10.1 Å². The summed E-state index contributed by atoms with van der Waals surface area (Å²) in [5, 5.41) is 2.84. The van der Waals surface area contributed by atoms with E-state index in [0.29, 0.717) is 17.0 Å². The molecule has 0 saturated heterocycles. The van der Waals surface area contributed by atoms with Gasteiger partial charge >= 0.3 is 5.97 Å². The Morgan fingerprint density at radius 3 is 2.13 bits per heavy atom. The van der Waals surface area contributed by atoms with E-state index in [-0.39, 0.29) is 21.4 Å². The number of esters is 1. The van der Waals surface area contributed by atoms with Crippen LogP contribution in [-0.4, -0.2) is 17.8 Å². The molecule has 0 spiro atoms. The van der Waals surface area contributed by atoms with Gasteiger partial charge in [0.25, 0.3) is 11.8 Å². The number of halogens is 2. The molecule has 0 bridgehead atoms. The van der Waals surface area contributed by atoms with Crippen molar-refractivity contribution in [3.8, 4) is 5.75 Å². The normalized spacial score (nSPS) is 13.5. The van der Waals surface area contributed by atoms with E-state index in [9.17, 15) is 14.4 Å². The molecule has 4 rings (SSSR count). The van der Waals surface area contributed by atoms with Crippen molar-refractivity contribution in [3.05, 3.63) is 100 Å². The second kappa shape index (κ2) is 8.63. The summed E-state index contributed by atoms with van der Waals surface area (Å²) in [7, 11) is 0. The predicted octanol–water partition coefficient (Wildman–Crippen LogP) is 4.99. The molecule has 2 amide bonds. The summed E-state index contributed by atoms with van der Waals surface area (Å²) in [6.45, 7) is 0. The maximum Gasteiger partial charge on any atom is 0.343 e. The third-order valence-electron chi connectivity index (χ3n) is 4.46. The van der Waals surface area contributed by atoms with Crippen molar-refractivity contribution < 1.29 is 19.1 Å². The molecule has 0 unspecified atom stereocenters. The molecular weight excluding hydrogens is 439 g/mol. The molecule has 3 aromatic rings. The second-order valence-corrected chi connectivity index (χ2v) is 7.28. The Hall–Kier alpha value is -3.61. The molecule has 0 fully saturated rings. The maximum atomic E-state index is 12.8. The van der Waals surface area contributed by atoms with Crippen molar-refractivity contribution in [2.45, 2.75) is 0 Å². The second-order valence-electron chi connectivity index (χ2n) is 6.49. The summed E-state index contributed by atoms with van der Waals surface area (Å²) >= 11 is 12.3. The average Bonchev–Trinajstić information content (AvgIpc) is 2.98. The van der Waals surface area contributed by atoms with Gasteiger partial charge in [-0.25, -0.2) is 9.69 Å². The Bertz CT molecular complexity index is 1210. The van der Waals surface area contributed by atoms with Crippen molar-refractivity contribution in [1.82, 2.24) is 0 Å². The molecule has 0 radical (unpaired) electrons. The number of amides is 2. The summed E-state index contributed by atoms with van der Waals surface area (Å²) in [6, 6.07) is 21.4. The Morgan fingerprint density at radius 2 is 1.45 bits per heavy atom. The summed E-state index contributed by atoms with van der Waals surface area (Å²) in [5.74, 6) is -1.39. The Labute approximate surface area is 187 Å². The van der Waals surface area contributed by atoms with Gasteiger partial charge in [0, 0.05) is 5.69 Å². The van der Waals surface area contributed by atoms with Crippen LogP contribution in [0.1, 0.15) is 10.4 Å². The predicted molar refractivity (Wildman–Crippen MR) is 118 cm³/mol. The maximum absolute atomic E-state index is 12.8. The summed E-state index contributed by atoms with van der Waals surface area (Å²) in [6.07, 6.45) is 0. The molecule has 0 aromatic heterocycles. The number of carbonyl (C=O) groups is 3. The lowest BCUT2D eigenvalue weighted by molar-refractivity contribution is -0.120. The average molecular weight is 453 g/mol. The fourth-order valence-corrected chi connectivity index (χ4v) is 3.38. The van der Waals surface area contributed by atoms with Gasteiger partial charge in [-0.05, 0) is 48.5 Å². The highest BCUT2D eigenvalue weighted by atomic mass is 35.5. The Morgan fingerprint density at radius 1 is 0.806 bits per heavy atom. The van der Waals surface area contributed by atoms with Gasteiger partial charge in [-0.1, -0.05) is 53.5 Å². The minimum Gasteiger partial charge on any atom is -0.423 e. The van der Waals surface area contributed by atoms with E-state index in [1.807, 2.05) is 6.07 Å². The summed E-state index contributed by atoms with van der Waals surface area (Å²) in [4.78, 5) is 38.5.